The van der Waals surface area contributed by atoms with Crippen molar-refractivity contribution in [3.8, 4) is 0 Å². The number of amides is 3. The largest absolute Gasteiger partial charge is 0.365 e. The van der Waals surface area contributed by atoms with E-state index >= 15 is 0 Å². The zero-order valence-electron chi connectivity index (χ0n) is 16.7. The molecular formula is C22H27N3O3S. The number of carbonyl (C=O) groups excluding carboxylic acids is 3. The third-order valence-electron chi connectivity index (χ3n) is 5.17. The van der Waals surface area contributed by atoms with Crippen LogP contribution in [0.15, 0.2) is 30.3 Å². The maximum absolute atomic E-state index is 12.7. The number of aryl methyl sites for hydroxylation is 1. The van der Waals surface area contributed by atoms with Crippen LogP contribution in [0.2, 0.25) is 0 Å². The van der Waals surface area contributed by atoms with E-state index in [0.29, 0.717) is 30.0 Å². The second-order valence-corrected chi connectivity index (χ2v) is 8.34. The van der Waals surface area contributed by atoms with Gasteiger partial charge in [-0.25, -0.2) is 0 Å². The Hall–Kier alpha value is -2.67. The first-order valence-corrected chi connectivity index (χ1v) is 10.9. The van der Waals surface area contributed by atoms with Crippen molar-refractivity contribution in [2.45, 2.75) is 45.4 Å². The number of nitrogens with two attached hydrogens (primary N) is 1. The first kappa shape index (κ1) is 21.0. The molecule has 0 atom stereocenters. The summed E-state index contributed by atoms with van der Waals surface area (Å²) in [6.07, 6.45) is 4.85. The number of benzene rings is 1. The monoisotopic (exact) mass is 413 g/mol. The van der Waals surface area contributed by atoms with Crippen LogP contribution in [0.25, 0.3) is 0 Å². The fourth-order valence-corrected chi connectivity index (χ4v) is 4.99. The standard InChI is InChI=1S/C22H27N3O3S/c1-2-19(27)25(13-12-15-8-4-3-5-9-15)14-18(26)24-22-20(21(23)28)16-10-6-7-11-17(16)29-22/h3-5,8-9H,2,6-7,10-14H2,1H3,(H2,23,28)(H,24,26). The summed E-state index contributed by atoms with van der Waals surface area (Å²) in [6, 6.07) is 9.87. The molecule has 3 amide bonds. The molecular weight excluding hydrogens is 386 g/mol. The predicted octanol–water partition coefficient (Wildman–Crippen LogP) is 3.15. The molecule has 0 saturated carbocycles. The van der Waals surface area contributed by atoms with Crippen LogP contribution in [-0.2, 0) is 28.9 Å². The minimum atomic E-state index is -0.509. The maximum atomic E-state index is 12.7. The van der Waals surface area contributed by atoms with Gasteiger partial charge in [0.15, 0.2) is 0 Å². The Balaban J connectivity index is 1.69. The number of fused-ring (bicyclic) bond motifs is 1. The summed E-state index contributed by atoms with van der Waals surface area (Å²) in [6.45, 7) is 2.21. The lowest BCUT2D eigenvalue weighted by Crippen LogP contribution is -2.39. The van der Waals surface area contributed by atoms with Crippen LogP contribution < -0.4 is 11.1 Å². The highest BCUT2D eigenvalue weighted by Gasteiger charge is 2.25. The summed E-state index contributed by atoms with van der Waals surface area (Å²) in [5, 5.41) is 3.36. The summed E-state index contributed by atoms with van der Waals surface area (Å²) in [5.74, 6) is -0.886. The molecule has 0 saturated heterocycles. The van der Waals surface area contributed by atoms with E-state index in [1.54, 1.807) is 11.8 Å². The highest BCUT2D eigenvalue weighted by molar-refractivity contribution is 7.17. The second kappa shape index (κ2) is 9.69. The molecule has 1 aliphatic carbocycles. The average molecular weight is 414 g/mol. The van der Waals surface area contributed by atoms with E-state index in [9.17, 15) is 14.4 Å². The van der Waals surface area contributed by atoms with Crippen LogP contribution in [0.3, 0.4) is 0 Å². The molecule has 29 heavy (non-hydrogen) atoms. The van der Waals surface area contributed by atoms with Gasteiger partial charge < -0.3 is 16.0 Å². The van der Waals surface area contributed by atoms with Crippen molar-refractivity contribution in [3.05, 3.63) is 51.9 Å². The Bertz CT molecular complexity index is 892. The highest BCUT2D eigenvalue weighted by atomic mass is 32.1. The molecule has 3 N–H and O–H groups in total. The quantitative estimate of drug-likeness (QED) is 0.696. The third-order valence-corrected chi connectivity index (χ3v) is 6.38. The summed E-state index contributed by atoms with van der Waals surface area (Å²) in [4.78, 5) is 39.7. The van der Waals surface area contributed by atoms with E-state index in [1.807, 2.05) is 30.3 Å². The van der Waals surface area contributed by atoms with Crippen molar-refractivity contribution in [3.63, 3.8) is 0 Å². The maximum Gasteiger partial charge on any atom is 0.251 e. The van der Waals surface area contributed by atoms with Gasteiger partial charge in [-0.3, -0.25) is 14.4 Å². The summed E-state index contributed by atoms with van der Waals surface area (Å²) in [7, 11) is 0. The number of rotatable bonds is 8. The first-order chi connectivity index (χ1) is 14.0. The van der Waals surface area contributed by atoms with Crippen LogP contribution in [0, 0.1) is 0 Å². The van der Waals surface area contributed by atoms with Crippen molar-refractivity contribution in [1.29, 1.82) is 0 Å². The van der Waals surface area contributed by atoms with Gasteiger partial charge in [0.05, 0.1) is 12.1 Å². The fourth-order valence-electron chi connectivity index (χ4n) is 3.68. The van der Waals surface area contributed by atoms with E-state index < -0.39 is 5.91 Å². The lowest BCUT2D eigenvalue weighted by molar-refractivity contribution is -0.134. The average Bonchev–Trinajstić information content (AvgIpc) is 3.09. The number of thiophene rings is 1. The fraction of sp³-hybridized carbons (Fsp3) is 0.409. The van der Waals surface area contributed by atoms with Gasteiger partial charge in [-0.2, -0.15) is 0 Å². The van der Waals surface area contributed by atoms with Crippen molar-refractivity contribution in [1.82, 2.24) is 4.90 Å². The topological polar surface area (TPSA) is 92.5 Å². The van der Waals surface area contributed by atoms with Gasteiger partial charge in [-0.15, -0.1) is 11.3 Å². The molecule has 1 aromatic heterocycles. The van der Waals surface area contributed by atoms with Crippen molar-refractivity contribution in [2.75, 3.05) is 18.4 Å². The molecule has 0 bridgehead atoms. The summed E-state index contributed by atoms with van der Waals surface area (Å²) < 4.78 is 0. The lowest BCUT2D eigenvalue weighted by atomic mass is 9.95. The van der Waals surface area contributed by atoms with Gasteiger partial charge in [0.25, 0.3) is 5.91 Å². The SMILES string of the molecule is CCC(=O)N(CCc1ccccc1)CC(=O)Nc1sc2c(c1C(N)=O)CCCC2. The zero-order valence-corrected chi connectivity index (χ0v) is 17.5. The summed E-state index contributed by atoms with van der Waals surface area (Å²) >= 11 is 1.43. The lowest BCUT2D eigenvalue weighted by Gasteiger charge is -2.21. The molecule has 2 aromatic rings. The number of primary amides is 1. The van der Waals surface area contributed by atoms with Crippen molar-refractivity contribution >= 4 is 34.1 Å². The van der Waals surface area contributed by atoms with Crippen LogP contribution in [-0.4, -0.2) is 35.7 Å². The Morgan fingerprint density at radius 2 is 1.86 bits per heavy atom. The van der Waals surface area contributed by atoms with Crippen molar-refractivity contribution in [2.24, 2.45) is 5.73 Å². The van der Waals surface area contributed by atoms with Gasteiger partial charge >= 0.3 is 0 Å². The van der Waals surface area contributed by atoms with E-state index in [-0.39, 0.29) is 18.4 Å². The molecule has 1 aromatic carbocycles. The minimum Gasteiger partial charge on any atom is -0.365 e. The molecule has 6 nitrogen and oxygen atoms in total. The smallest absolute Gasteiger partial charge is 0.251 e. The third kappa shape index (κ3) is 5.23. The Morgan fingerprint density at radius 3 is 2.55 bits per heavy atom. The van der Waals surface area contributed by atoms with Crippen LogP contribution in [0.4, 0.5) is 5.00 Å². The van der Waals surface area contributed by atoms with Crippen LogP contribution in [0.1, 0.15) is 52.5 Å². The van der Waals surface area contributed by atoms with E-state index in [2.05, 4.69) is 5.32 Å². The minimum absolute atomic E-state index is 0.0414. The Morgan fingerprint density at radius 1 is 1.14 bits per heavy atom. The molecule has 0 radical (unpaired) electrons. The van der Waals surface area contributed by atoms with Gasteiger partial charge in [-0.05, 0) is 43.2 Å². The number of hydrogen-bond donors (Lipinski definition) is 2. The predicted molar refractivity (Wildman–Crippen MR) is 115 cm³/mol. The number of carbonyl (C=O) groups is 3. The van der Waals surface area contributed by atoms with E-state index in [0.717, 1.165) is 41.7 Å². The molecule has 154 valence electrons. The van der Waals surface area contributed by atoms with Crippen LogP contribution in [0.5, 0.6) is 0 Å². The van der Waals surface area contributed by atoms with Gasteiger partial charge in [0, 0.05) is 17.8 Å². The van der Waals surface area contributed by atoms with Crippen LogP contribution >= 0.6 is 11.3 Å². The zero-order chi connectivity index (χ0) is 20.8. The molecule has 7 heteroatoms. The molecule has 0 spiro atoms. The number of nitrogens with one attached hydrogen (secondary N) is 1. The second-order valence-electron chi connectivity index (χ2n) is 7.23. The molecule has 3 rings (SSSR count). The normalized spacial score (nSPS) is 12.9. The van der Waals surface area contributed by atoms with Gasteiger partial charge in [0.1, 0.15) is 5.00 Å². The summed E-state index contributed by atoms with van der Waals surface area (Å²) in [5.41, 5.74) is 8.13. The molecule has 0 unspecified atom stereocenters. The van der Waals surface area contributed by atoms with Gasteiger partial charge in [-0.1, -0.05) is 37.3 Å². The molecule has 1 aliphatic rings. The first-order valence-electron chi connectivity index (χ1n) is 10.1. The highest BCUT2D eigenvalue weighted by Crippen LogP contribution is 2.37. The Labute approximate surface area is 175 Å². The Kier molecular flexibility index (Phi) is 7.04. The van der Waals surface area contributed by atoms with Crippen molar-refractivity contribution < 1.29 is 14.4 Å². The van der Waals surface area contributed by atoms with E-state index in [1.165, 1.54) is 11.3 Å². The molecule has 0 aliphatic heterocycles. The molecule has 0 fully saturated rings. The number of nitrogens with zero attached hydrogens (tertiary/aromatic N) is 1. The number of hydrogen-bond acceptors (Lipinski definition) is 4. The number of anilines is 1. The van der Waals surface area contributed by atoms with Gasteiger partial charge in [0.2, 0.25) is 11.8 Å². The molecule has 1 heterocycles. The van der Waals surface area contributed by atoms with E-state index in [4.69, 9.17) is 5.73 Å².